The van der Waals surface area contributed by atoms with Gasteiger partial charge < -0.3 is 5.32 Å². The molecule has 0 aliphatic carbocycles. The van der Waals surface area contributed by atoms with E-state index < -0.39 is 10.0 Å². The van der Waals surface area contributed by atoms with Crippen LogP contribution in [0.25, 0.3) is 0 Å². The van der Waals surface area contributed by atoms with Gasteiger partial charge in [0.25, 0.3) is 0 Å². The Kier molecular flexibility index (Phi) is 4.37. The van der Waals surface area contributed by atoms with E-state index in [4.69, 9.17) is 0 Å². The number of aromatic nitrogens is 1. The van der Waals surface area contributed by atoms with Crippen LogP contribution >= 0.6 is 15.9 Å². The van der Waals surface area contributed by atoms with E-state index in [9.17, 15) is 8.42 Å². The van der Waals surface area contributed by atoms with Crippen LogP contribution in [0, 0.1) is 0 Å². The summed E-state index contributed by atoms with van der Waals surface area (Å²) in [5.74, 6) is 0. The first-order valence-electron chi connectivity index (χ1n) is 5.82. The van der Waals surface area contributed by atoms with E-state index in [-0.39, 0.29) is 4.90 Å². The fourth-order valence-corrected chi connectivity index (χ4v) is 4.04. The van der Waals surface area contributed by atoms with E-state index in [1.165, 1.54) is 10.5 Å². The van der Waals surface area contributed by atoms with Crippen molar-refractivity contribution in [3.05, 3.63) is 22.9 Å². The highest BCUT2D eigenvalue weighted by Crippen LogP contribution is 2.22. The van der Waals surface area contributed by atoms with Gasteiger partial charge in [0.2, 0.25) is 10.0 Å². The molecule has 1 fully saturated rings. The van der Waals surface area contributed by atoms with Gasteiger partial charge in [0.15, 0.2) is 0 Å². The zero-order valence-corrected chi connectivity index (χ0v) is 12.5. The lowest BCUT2D eigenvalue weighted by atomic mass is 10.1. The molecule has 1 aliphatic heterocycles. The fourth-order valence-electron chi connectivity index (χ4n) is 2.07. The van der Waals surface area contributed by atoms with Gasteiger partial charge in [-0.05, 0) is 41.9 Å². The highest BCUT2D eigenvalue weighted by atomic mass is 79.9. The first-order valence-corrected chi connectivity index (χ1v) is 8.05. The van der Waals surface area contributed by atoms with E-state index in [0.29, 0.717) is 23.6 Å². The molecule has 2 rings (SSSR count). The first-order chi connectivity index (χ1) is 8.54. The average Bonchev–Trinajstić information content (AvgIpc) is 2.39. The van der Waals surface area contributed by atoms with Crippen molar-refractivity contribution in [1.82, 2.24) is 14.6 Å². The van der Waals surface area contributed by atoms with Gasteiger partial charge in [-0.3, -0.25) is 4.98 Å². The normalized spacial score (nSPS) is 19.0. The summed E-state index contributed by atoms with van der Waals surface area (Å²) >= 11 is 3.24. The summed E-state index contributed by atoms with van der Waals surface area (Å²) < 4.78 is 27.0. The Morgan fingerprint density at radius 2 is 2.06 bits per heavy atom. The van der Waals surface area contributed by atoms with Crippen molar-refractivity contribution >= 4 is 26.0 Å². The molecule has 1 N–H and O–H groups in total. The van der Waals surface area contributed by atoms with Crippen LogP contribution in [0.1, 0.15) is 12.8 Å². The lowest BCUT2D eigenvalue weighted by Gasteiger charge is -2.30. The van der Waals surface area contributed by atoms with Gasteiger partial charge in [-0.15, -0.1) is 0 Å². The number of halogens is 1. The summed E-state index contributed by atoms with van der Waals surface area (Å²) in [6.45, 7) is 1.11. The minimum Gasteiger partial charge on any atom is -0.317 e. The third-order valence-electron chi connectivity index (χ3n) is 3.18. The number of rotatable bonds is 3. The molecule has 0 amide bonds. The van der Waals surface area contributed by atoms with Crippen LogP contribution in [0.4, 0.5) is 0 Å². The van der Waals surface area contributed by atoms with Gasteiger partial charge in [0.05, 0.1) is 0 Å². The fraction of sp³-hybridized carbons (Fsp3) is 0.545. The lowest BCUT2D eigenvalue weighted by molar-refractivity contribution is 0.298. The predicted molar refractivity (Wildman–Crippen MR) is 72.8 cm³/mol. The molecule has 100 valence electrons. The van der Waals surface area contributed by atoms with Gasteiger partial charge >= 0.3 is 0 Å². The minimum absolute atomic E-state index is 0.250. The summed E-state index contributed by atoms with van der Waals surface area (Å²) in [5, 5.41) is 3.18. The molecule has 0 aromatic carbocycles. The molecule has 1 saturated heterocycles. The van der Waals surface area contributed by atoms with Crippen molar-refractivity contribution in [2.45, 2.75) is 23.8 Å². The Bertz CT molecular complexity index is 513. The van der Waals surface area contributed by atoms with Crippen LogP contribution in [-0.4, -0.2) is 43.9 Å². The maximum absolute atomic E-state index is 12.4. The third kappa shape index (κ3) is 2.90. The van der Waals surface area contributed by atoms with Crippen LogP contribution in [0.5, 0.6) is 0 Å². The second-order valence-corrected chi connectivity index (χ2v) is 7.16. The Balaban J connectivity index is 2.17. The summed E-state index contributed by atoms with van der Waals surface area (Å²) in [5.41, 5.74) is 0. The summed E-state index contributed by atoms with van der Waals surface area (Å²) in [6.07, 6.45) is 4.66. The Labute approximate surface area is 116 Å². The van der Waals surface area contributed by atoms with Crippen LogP contribution < -0.4 is 5.32 Å². The molecule has 7 heteroatoms. The van der Waals surface area contributed by atoms with Gasteiger partial charge in [0.1, 0.15) is 4.90 Å². The van der Waals surface area contributed by atoms with Crippen LogP contribution in [0.2, 0.25) is 0 Å². The number of nitrogens with zero attached hydrogens (tertiary/aromatic N) is 2. The molecular weight excluding hydrogens is 318 g/mol. The topological polar surface area (TPSA) is 62.3 Å². The van der Waals surface area contributed by atoms with Crippen molar-refractivity contribution in [3.8, 4) is 0 Å². The highest BCUT2D eigenvalue weighted by molar-refractivity contribution is 9.10. The van der Waals surface area contributed by atoms with E-state index in [2.05, 4.69) is 26.2 Å². The molecular formula is C11H16BrN3O2S. The Morgan fingerprint density at radius 1 is 1.39 bits per heavy atom. The molecule has 2 heterocycles. The number of nitrogens with one attached hydrogen (secondary N) is 1. The maximum Gasteiger partial charge on any atom is 0.244 e. The monoisotopic (exact) mass is 333 g/mol. The van der Waals surface area contributed by atoms with Gasteiger partial charge in [-0.25, -0.2) is 8.42 Å². The molecule has 1 aliphatic rings. The number of hydrogen-bond acceptors (Lipinski definition) is 4. The van der Waals surface area contributed by atoms with Crippen LogP contribution in [0.3, 0.4) is 0 Å². The van der Waals surface area contributed by atoms with E-state index in [0.717, 1.165) is 12.8 Å². The first kappa shape index (κ1) is 13.9. The van der Waals surface area contributed by atoms with Crippen molar-refractivity contribution in [3.63, 3.8) is 0 Å². The van der Waals surface area contributed by atoms with Crippen LogP contribution in [0.15, 0.2) is 27.8 Å². The molecule has 18 heavy (non-hydrogen) atoms. The zero-order chi connectivity index (χ0) is 13.2. The molecule has 0 radical (unpaired) electrons. The summed E-state index contributed by atoms with van der Waals surface area (Å²) in [7, 11) is -1.49. The summed E-state index contributed by atoms with van der Waals surface area (Å²) in [4.78, 5) is 4.16. The smallest absolute Gasteiger partial charge is 0.244 e. The zero-order valence-electron chi connectivity index (χ0n) is 10.1. The SMILES string of the molecule is CNC1CCN(S(=O)(=O)c2cncc(Br)c2)CC1. The number of piperidine rings is 1. The Morgan fingerprint density at radius 3 is 2.61 bits per heavy atom. The number of sulfonamides is 1. The van der Waals surface area contributed by atoms with Crippen molar-refractivity contribution in [1.29, 1.82) is 0 Å². The van der Waals surface area contributed by atoms with Crippen molar-refractivity contribution in [2.75, 3.05) is 20.1 Å². The quantitative estimate of drug-likeness (QED) is 0.903. The number of hydrogen-bond donors (Lipinski definition) is 1. The molecule has 1 aromatic heterocycles. The van der Waals surface area contributed by atoms with Gasteiger partial charge in [-0.1, -0.05) is 0 Å². The molecule has 0 bridgehead atoms. The Hall–Kier alpha value is -0.500. The van der Waals surface area contributed by atoms with Crippen LogP contribution in [-0.2, 0) is 10.0 Å². The largest absolute Gasteiger partial charge is 0.317 e. The second-order valence-electron chi connectivity index (χ2n) is 4.31. The molecule has 1 aromatic rings. The molecule has 5 nitrogen and oxygen atoms in total. The molecule has 0 unspecified atom stereocenters. The molecule has 0 saturated carbocycles. The van der Waals surface area contributed by atoms with E-state index in [1.54, 1.807) is 12.3 Å². The predicted octanol–water partition coefficient (Wildman–Crippen LogP) is 1.22. The standard InChI is InChI=1S/C11H16BrN3O2S/c1-13-10-2-4-15(5-3-10)18(16,17)11-6-9(12)7-14-8-11/h6-8,10,13H,2-5H2,1H3. The minimum atomic E-state index is -3.40. The summed E-state index contributed by atoms with van der Waals surface area (Å²) in [6, 6.07) is 2.00. The van der Waals surface area contributed by atoms with Crippen molar-refractivity contribution < 1.29 is 8.42 Å². The molecule has 0 spiro atoms. The lowest BCUT2D eigenvalue weighted by Crippen LogP contribution is -2.43. The highest BCUT2D eigenvalue weighted by Gasteiger charge is 2.29. The van der Waals surface area contributed by atoms with Gasteiger partial charge in [-0.2, -0.15) is 4.31 Å². The molecule has 0 atom stereocenters. The van der Waals surface area contributed by atoms with Gasteiger partial charge in [0, 0.05) is 36.0 Å². The second kappa shape index (κ2) is 5.64. The van der Waals surface area contributed by atoms with E-state index in [1.807, 2.05) is 7.05 Å². The third-order valence-corrected chi connectivity index (χ3v) is 5.48. The average molecular weight is 334 g/mol. The number of pyridine rings is 1. The van der Waals surface area contributed by atoms with E-state index >= 15 is 0 Å². The van der Waals surface area contributed by atoms with Crippen molar-refractivity contribution in [2.24, 2.45) is 0 Å². The maximum atomic E-state index is 12.4.